The van der Waals surface area contributed by atoms with E-state index >= 15 is 0 Å². The Hall–Kier alpha value is -2.28. The van der Waals surface area contributed by atoms with Crippen molar-refractivity contribution in [1.82, 2.24) is 20.1 Å². The number of aromatic nitrogens is 3. The molecule has 7 heteroatoms. The SMILES string of the molecule is CCn1c(SCC(=O)N[C@H](C)c2cc3ccccc3o2)nnc1C1CC1. The van der Waals surface area contributed by atoms with Gasteiger partial charge in [-0.2, -0.15) is 0 Å². The van der Waals surface area contributed by atoms with Crippen molar-refractivity contribution in [2.45, 2.75) is 50.4 Å². The Morgan fingerprint density at radius 3 is 2.92 bits per heavy atom. The molecule has 1 atom stereocenters. The summed E-state index contributed by atoms with van der Waals surface area (Å²) in [7, 11) is 0. The average Bonchev–Trinajstić information content (AvgIpc) is 3.25. The minimum Gasteiger partial charge on any atom is -0.459 e. The molecule has 0 radical (unpaired) electrons. The topological polar surface area (TPSA) is 73.0 Å². The second-order valence-corrected chi connectivity index (χ2v) is 7.57. The normalized spacial score (nSPS) is 15.3. The van der Waals surface area contributed by atoms with Gasteiger partial charge in [-0.1, -0.05) is 30.0 Å². The van der Waals surface area contributed by atoms with Crippen LogP contribution in [0.2, 0.25) is 0 Å². The molecule has 2 aromatic heterocycles. The lowest BCUT2D eigenvalue weighted by molar-refractivity contribution is -0.119. The average molecular weight is 370 g/mol. The first kappa shape index (κ1) is 17.1. The van der Waals surface area contributed by atoms with Crippen molar-refractivity contribution in [2.75, 3.05) is 5.75 Å². The maximum atomic E-state index is 12.3. The van der Waals surface area contributed by atoms with Crippen LogP contribution in [-0.2, 0) is 11.3 Å². The fraction of sp³-hybridized carbons (Fsp3) is 0.421. The molecule has 1 amide bonds. The lowest BCUT2D eigenvalue weighted by Crippen LogP contribution is -2.28. The lowest BCUT2D eigenvalue weighted by atomic mass is 10.2. The number of carbonyl (C=O) groups excluding carboxylic acids is 1. The van der Waals surface area contributed by atoms with E-state index in [2.05, 4.69) is 27.0 Å². The summed E-state index contributed by atoms with van der Waals surface area (Å²) in [5.74, 6) is 2.65. The van der Waals surface area contributed by atoms with Crippen LogP contribution in [0.25, 0.3) is 11.0 Å². The van der Waals surface area contributed by atoms with E-state index in [1.54, 1.807) is 0 Å². The Morgan fingerprint density at radius 2 is 2.19 bits per heavy atom. The maximum Gasteiger partial charge on any atom is 0.231 e. The molecule has 26 heavy (non-hydrogen) atoms. The predicted molar refractivity (Wildman–Crippen MR) is 101 cm³/mol. The number of amides is 1. The molecule has 1 N–H and O–H groups in total. The summed E-state index contributed by atoms with van der Waals surface area (Å²) in [5.41, 5.74) is 0.835. The van der Waals surface area contributed by atoms with Gasteiger partial charge in [0.15, 0.2) is 5.16 Å². The second kappa shape index (κ2) is 7.15. The summed E-state index contributed by atoms with van der Waals surface area (Å²) in [5, 5.41) is 13.4. The Kier molecular flexibility index (Phi) is 4.72. The smallest absolute Gasteiger partial charge is 0.231 e. The number of para-hydroxylation sites is 1. The van der Waals surface area contributed by atoms with E-state index < -0.39 is 0 Å². The quantitative estimate of drug-likeness (QED) is 0.639. The molecule has 4 rings (SSSR count). The number of furan rings is 1. The van der Waals surface area contributed by atoms with Gasteiger partial charge >= 0.3 is 0 Å². The van der Waals surface area contributed by atoms with Crippen molar-refractivity contribution in [3.8, 4) is 0 Å². The van der Waals surface area contributed by atoms with Crippen LogP contribution in [0.1, 0.15) is 50.2 Å². The molecule has 0 aliphatic heterocycles. The van der Waals surface area contributed by atoms with Crippen LogP contribution in [0.4, 0.5) is 0 Å². The Labute approximate surface area is 156 Å². The molecule has 1 aromatic carbocycles. The third-order valence-corrected chi connectivity index (χ3v) is 5.55. The molecule has 2 heterocycles. The number of nitrogens with one attached hydrogen (secondary N) is 1. The van der Waals surface area contributed by atoms with Crippen molar-refractivity contribution in [1.29, 1.82) is 0 Å². The number of hydrogen-bond donors (Lipinski definition) is 1. The fourth-order valence-electron chi connectivity index (χ4n) is 3.05. The summed E-state index contributed by atoms with van der Waals surface area (Å²) in [6.45, 7) is 4.85. The molecule has 136 valence electrons. The Balaban J connectivity index is 1.36. The van der Waals surface area contributed by atoms with Crippen molar-refractivity contribution in [3.63, 3.8) is 0 Å². The molecule has 6 nitrogen and oxygen atoms in total. The second-order valence-electron chi connectivity index (χ2n) is 6.62. The highest BCUT2D eigenvalue weighted by Gasteiger charge is 2.30. The van der Waals surface area contributed by atoms with Gasteiger partial charge in [0.2, 0.25) is 5.91 Å². The standard InChI is InChI=1S/C19H22N4O2S/c1-3-23-18(13-8-9-13)21-22-19(23)26-11-17(24)20-12(2)16-10-14-6-4-5-7-15(14)25-16/h4-7,10,12-13H,3,8-9,11H2,1-2H3,(H,20,24)/t12-/m1/s1. The molecule has 0 bridgehead atoms. The summed E-state index contributed by atoms with van der Waals surface area (Å²) in [4.78, 5) is 12.3. The zero-order chi connectivity index (χ0) is 18.1. The summed E-state index contributed by atoms with van der Waals surface area (Å²) < 4.78 is 7.94. The van der Waals surface area contributed by atoms with Crippen LogP contribution in [0.5, 0.6) is 0 Å². The van der Waals surface area contributed by atoms with Crippen LogP contribution >= 0.6 is 11.8 Å². The highest BCUT2D eigenvalue weighted by atomic mass is 32.2. The molecule has 1 aliphatic carbocycles. The molecule has 1 aliphatic rings. The van der Waals surface area contributed by atoms with E-state index in [4.69, 9.17) is 4.42 Å². The monoisotopic (exact) mass is 370 g/mol. The molecule has 1 fully saturated rings. The van der Waals surface area contributed by atoms with Crippen LogP contribution in [0.3, 0.4) is 0 Å². The zero-order valence-electron chi connectivity index (χ0n) is 14.9. The van der Waals surface area contributed by atoms with Gasteiger partial charge in [-0.05, 0) is 38.8 Å². The number of rotatable bonds is 7. The van der Waals surface area contributed by atoms with Crippen LogP contribution in [0, 0.1) is 0 Å². The predicted octanol–water partition coefficient (Wildman–Crippen LogP) is 3.89. The summed E-state index contributed by atoms with van der Waals surface area (Å²) >= 11 is 1.43. The van der Waals surface area contributed by atoms with Crippen molar-refractivity contribution in [2.24, 2.45) is 0 Å². The maximum absolute atomic E-state index is 12.3. The van der Waals surface area contributed by atoms with Crippen LogP contribution < -0.4 is 5.32 Å². The number of fused-ring (bicyclic) bond motifs is 1. The van der Waals surface area contributed by atoms with E-state index in [1.165, 1.54) is 24.6 Å². The highest BCUT2D eigenvalue weighted by Crippen LogP contribution is 2.40. The van der Waals surface area contributed by atoms with E-state index in [9.17, 15) is 4.79 Å². The summed E-state index contributed by atoms with van der Waals surface area (Å²) in [6.07, 6.45) is 2.39. The van der Waals surface area contributed by atoms with E-state index in [1.807, 2.05) is 37.3 Å². The van der Waals surface area contributed by atoms with E-state index in [0.29, 0.717) is 11.7 Å². The van der Waals surface area contributed by atoms with Crippen LogP contribution in [0.15, 0.2) is 39.9 Å². The zero-order valence-corrected chi connectivity index (χ0v) is 15.8. The molecule has 0 saturated heterocycles. The van der Waals surface area contributed by atoms with Crippen LogP contribution in [-0.4, -0.2) is 26.4 Å². The first-order valence-electron chi connectivity index (χ1n) is 8.99. The van der Waals surface area contributed by atoms with Crippen molar-refractivity contribution >= 4 is 28.6 Å². The highest BCUT2D eigenvalue weighted by molar-refractivity contribution is 7.99. The minimum atomic E-state index is -0.179. The van der Waals surface area contributed by atoms with Crippen molar-refractivity contribution in [3.05, 3.63) is 41.9 Å². The first-order valence-corrected chi connectivity index (χ1v) is 9.98. The summed E-state index contributed by atoms with van der Waals surface area (Å²) in [6, 6.07) is 9.64. The van der Waals surface area contributed by atoms with Gasteiger partial charge in [-0.3, -0.25) is 4.79 Å². The Bertz CT molecular complexity index is 896. The molecular formula is C19H22N4O2S. The van der Waals surface area contributed by atoms with Gasteiger partial charge in [-0.15, -0.1) is 10.2 Å². The third-order valence-electron chi connectivity index (χ3n) is 4.59. The van der Waals surface area contributed by atoms with E-state index in [-0.39, 0.29) is 11.9 Å². The number of thioether (sulfide) groups is 1. The Morgan fingerprint density at radius 1 is 1.38 bits per heavy atom. The van der Waals surface area contributed by atoms with Gasteiger partial charge in [0.1, 0.15) is 17.2 Å². The number of nitrogens with zero attached hydrogens (tertiary/aromatic N) is 3. The number of hydrogen-bond acceptors (Lipinski definition) is 5. The molecular weight excluding hydrogens is 348 g/mol. The largest absolute Gasteiger partial charge is 0.459 e. The number of benzene rings is 1. The third kappa shape index (κ3) is 3.49. The molecule has 3 aromatic rings. The van der Waals surface area contributed by atoms with Crippen molar-refractivity contribution < 1.29 is 9.21 Å². The van der Waals surface area contributed by atoms with Gasteiger partial charge in [-0.25, -0.2) is 0 Å². The fourth-order valence-corrected chi connectivity index (χ4v) is 3.87. The number of carbonyl (C=O) groups is 1. The molecule has 1 saturated carbocycles. The van der Waals surface area contributed by atoms with Gasteiger partial charge < -0.3 is 14.3 Å². The van der Waals surface area contributed by atoms with Gasteiger partial charge in [0.05, 0.1) is 11.8 Å². The van der Waals surface area contributed by atoms with E-state index in [0.717, 1.165) is 34.3 Å². The lowest BCUT2D eigenvalue weighted by Gasteiger charge is -2.11. The van der Waals surface area contributed by atoms with Gasteiger partial charge in [0, 0.05) is 17.8 Å². The first-order chi connectivity index (χ1) is 12.7. The van der Waals surface area contributed by atoms with Gasteiger partial charge in [0.25, 0.3) is 0 Å². The molecule has 0 spiro atoms. The minimum absolute atomic E-state index is 0.0402. The molecule has 0 unspecified atom stereocenters.